The Hall–Kier alpha value is -0.540. The van der Waals surface area contributed by atoms with E-state index in [0.29, 0.717) is 0 Å². The molecular weight excluding hydrogens is 266 g/mol. The zero-order chi connectivity index (χ0) is 11.1. The molecule has 2 N–H and O–H groups in total. The van der Waals surface area contributed by atoms with Crippen molar-refractivity contribution in [3.05, 3.63) is 30.3 Å². The van der Waals surface area contributed by atoms with Gasteiger partial charge >= 0.3 is 0 Å². The predicted octanol–water partition coefficient (Wildman–Crippen LogP) is 3.55. The van der Waals surface area contributed by atoms with Gasteiger partial charge in [0.15, 0.2) is 0 Å². The molecule has 0 heterocycles. The van der Waals surface area contributed by atoms with Crippen LogP contribution in [-0.2, 0) is 0 Å². The molecule has 2 nitrogen and oxygen atoms in total. The molecule has 0 atom stereocenters. The molecular formula is C13H22BrNO. The molecule has 0 radical (unpaired) electrons. The third-order valence-electron chi connectivity index (χ3n) is 2.23. The van der Waals surface area contributed by atoms with Gasteiger partial charge in [-0.1, -0.05) is 18.2 Å². The standard InChI is InChI=1S/C13H21NO.BrH/c1-13(2,14)10-6-7-11-15-12-8-4-3-5-9-12;/h3-5,8-9H,6-7,10-11,14H2,1-2H3;1H. The number of halogens is 1. The summed E-state index contributed by atoms with van der Waals surface area (Å²) < 4.78 is 5.58. The molecule has 0 bridgehead atoms. The van der Waals surface area contributed by atoms with Crippen molar-refractivity contribution in [3.63, 3.8) is 0 Å². The molecule has 3 heteroatoms. The first-order valence-corrected chi connectivity index (χ1v) is 5.55. The Labute approximate surface area is 109 Å². The van der Waals surface area contributed by atoms with Crippen molar-refractivity contribution in [3.8, 4) is 5.75 Å². The highest BCUT2D eigenvalue weighted by Crippen LogP contribution is 2.11. The molecule has 0 amide bonds. The number of nitrogens with two attached hydrogens (primary N) is 1. The number of unbranched alkanes of at least 4 members (excludes halogenated alkanes) is 1. The summed E-state index contributed by atoms with van der Waals surface area (Å²) in [6.45, 7) is 4.90. The Kier molecular flexibility index (Phi) is 7.43. The summed E-state index contributed by atoms with van der Waals surface area (Å²) in [5.41, 5.74) is 5.84. The normalized spacial score (nSPS) is 10.7. The molecule has 0 saturated heterocycles. The lowest BCUT2D eigenvalue weighted by Gasteiger charge is -2.17. The first-order valence-electron chi connectivity index (χ1n) is 5.55. The van der Waals surface area contributed by atoms with E-state index in [4.69, 9.17) is 10.5 Å². The summed E-state index contributed by atoms with van der Waals surface area (Å²) in [7, 11) is 0. The topological polar surface area (TPSA) is 35.2 Å². The number of rotatable bonds is 6. The van der Waals surface area contributed by atoms with Crippen LogP contribution in [0.5, 0.6) is 5.75 Å². The van der Waals surface area contributed by atoms with Crippen LogP contribution >= 0.6 is 17.0 Å². The lowest BCUT2D eigenvalue weighted by molar-refractivity contribution is 0.298. The van der Waals surface area contributed by atoms with E-state index in [9.17, 15) is 0 Å². The number of ether oxygens (including phenoxy) is 1. The van der Waals surface area contributed by atoms with Gasteiger partial charge in [-0.25, -0.2) is 0 Å². The number of para-hydroxylation sites is 1. The van der Waals surface area contributed by atoms with Crippen molar-refractivity contribution in [2.75, 3.05) is 6.61 Å². The second-order valence-corrected chi connectivity index (χ2v) is 4.61. The first kappa shape index (κ1) is 15.5. The fraction of sp³-hybridized carbons (Fsp3) is 0.538. The maximum absolute atomic E-state index is 5.89. The van der Waals surface area contributed by atoms with Crippen molar-refractivity contribution in [1.82, 2.24) is 0 Å². The van der Waals surface area contributed by atoms with Gasteiger partial charge in [0.25, 0.3) is 0 Å². The quantitative estimate of drug-likeness (QED) is 0.812. The van der Waals surface area contributed by atoms with E-state index in [1.807, 2.05) is 30.3 Å². The minimum absolute atomic E-state index is 0. The average Bonchev–Trinajstić information content (AvgIpc) is 2.17. The highest BCUT2D eigenvalue weighted by molar-refractivity contribution is 8.93. The van der Waals surface area contributed by atoms with E-state index in [-0.39, 0.29) is 22.5 Å². The Morgan fingerprint density at radius 3 is 2.31 bits per heavy atom. The van der Waals surface area contributed by atoms with Crippen molar-refractivity contribution >= 4 is 17.0 Å². The third kappa shape index (κ3) is 7.71. The summed E-state index contributed by atoms with van der Waals surface area (Å²) in [6.07, 6.45) is 3.23. The smallest absolute Gasteiger partial charge is 0.119 e. The highest BCUT2D eigenvalue weighted by atomic mass is 79.9. The van der Waals surface area contributed by atoms with Gasteiger partial charge < -0.3 is 10.5 Å². The minimum atomic E-state index is -0.0489. The minimum Gasteiger partial charge on any atom is -0.494 e. The Morgan fingerprint density at radius 2 is 1.75 bits per heavy atom. The van der Waals surface area contributed by atoms with Gasteiger partial charge in [0.1, 0.15) is 5.75 Å². The van der Waals surface area contributed by atoms with Gasteiger partial charge in [0.05, 0.1) is 6.61 Å². The molecule has 0 fully saturated rings. The maximum atomic E-state index is 5.89. The highest BCUT2D eigenvalue weighted by Gasteiger charge is 2.08. The summed E-state index contributed by atoms with van der Waals surface area (Å²) >= 11 is 0. The van der Waals surface area contributed by atoms with Crippen LogP contribution in [0.15, 0.2) is 30.3 Å². The lowest BCUT2D eigenvalue weighted by atomic mass is 9.99. The summed E-state index contributed by atoms with van der Waals surface area (Å²) in [6, 6.07) is 9.92. The predicted molar refractivity (Wildman–Crippen MR) is 74.4 cm³/mol. The summed E-state index contributed by atoms with van der Waals surface area (Å²) in [5, 5.41) is 0. The number of hydrogen-bond acceptors (Lipinski definition) is 2. The fourth-order valence-corrected chi connectivity index (χ4v) is 1.39. The molecule has 1 aromatic carbocycles. The third-order valence-corrected chi connectivity index (χ3v) is 2.23. The molecule has 16 heavy (non-hydrogen) atoms. The van der Waals surface area contributed by atoms with Gasteiger partial charge in [0, 0.05) is 5.54 Å². The van der Waals surface area contributed by atoms with Crippen molar-refractivity contribution in [1.29, 1.82) is 0 Å². The average molecular weight is 288 g/mol. The zero-order valence-corrected chi connectivity index (χ0v) is 11.8. The van der Waals surface area contributed by atoms with Crippen molar-refractivity contribution in [2.24, 2.45) is 5.73 Å². The van der Waals surface area contributed by atoms with Crippen molar-refractivity contribution in [2.45, 2.75) is 38.6 Å². The van der Waals surface area contributed by atoms with E-state index >= 15 is 0 Å². The van der Waals surface area contributed by atoms with E-state index in [1.54, 1.807) is 0 Å². The molecule has 0 aliphatic heterocycles. The van der Waals surface area contributed by atoms with Crippen LogP contribution in [0.25, 0.3) is 0 Å². The molecule has 1 aromatic rings. The molecule has 0 saturated carbocycles. The van der Waals surface area contributed by atoms with Gasteiger partial charge in [-0.3, -0.25) is 0 Å². The van der Waals surface area contributed by atoms with Crippen molar-refractivity contribution < 1.29 is 4.74 Å². The second kappa shape index (κ2) is 7.69. The van der Waals surface area contributed by atoms with Crippen LogP contribution in [0.1, 0.15) is 33.1 Å². The van der Waals surface area contributed by atoms with Crippen LogP contribution in [0.2, 0.25) is 0 Å². The van der Waals surface area contributed by atoms with Crippen LogP contribution < -0.4 is 10.5 Å². The molecule has 1 rings (SSSR count). The Bertz CT molecular complexity index is 269. The second-order valence-electron chi connectivity index (χ2n) is 4.61. The number of benzene rings is 1. The van der Waals surface area contributed by atoms with E-state index in [0.717, 1.165) is 31.6 Å². The summed E-state index contributed by atoms with van der Waals surface area (Å²) in [5.74, 6) is 0.949. The van der Waals surface area contributed by atoms with Gasteiger partial charge in [-0.05, 0) is 45.2 Å². The molecule has 0 unspecified atom stereocenters. The molecule has 0 spiro atoms. The van der Waals surface area contributed by atoms with E-state index in [2.05, 4.69) is 13.8 Å². The maximum Gasteiger partial charge on any atom is 0.119 e. The van der Waals surface area contributed by atoms with Gasteiger partial charge in [0.2, 0.25) is 0 Å². The summed E-state index contributed by atoms with van der Waals surface area (Å²) in [4.78, 5) is 0. The van der Waals surface area contributed by atoms with Crippen LogP contribution in [0.3, 0.4) is 0 Å². The molecule has 0 aliphatic carbocycles. The molecule has 0 aliphatic rings. The van der Waals surface area contributed by atoms with Crippen LogP contribution in [0.4, 0.5) is 0 Å². The number of hydrogen-bond donors (Lipinski definition) is 1. The van der Waals surface area contributed by atoms with Gasteiger partial charge in [-0.2, -0.15) is 0 Å². The molecule has 92 valence electrons. The largest absolute Gasteiger partial charge is 0.494 e. The lowest BCUT2D eigenvalue weighted by Crippen LogP contribution is -2.31. The van der Waals surface area contributed by atoms with Gasteiger partial charge in [-0.15, -0.1) is 17.0 Å². The fourth-order valence-electron chi connectivity index (χ4n) is 1.39. The Morgan fingerprint density at radius 1 is 1.12 bits per heavy atom. The first-order chi connectivity index (χ1) is 7.08. The van der Waals surface area contributed by atoms with E-state index in [1.165, 1.54) is 0 Å². The SMILES string of the molecule is Br.CC(C)(N)CCCCOc1ccccc1. The Balaban J connectivity index is 0.00000225. The molecule has 0 aromatic heterocycles. The van der Waals surface area contributed by atoms with E-state index < -0.39 is 0 Å². The van der Waals surface area contributed by atoms with Crippen LogP contribution in [-0.4, -0.2) is 12.1 Å². The monoisotopic (exact) mass is 287 g/mol. The van der Waals surface area contributed by atoms with Crippen LogP contribution in [0, 0.1) is 0 Å². The zero-order valence-electron chi connectivity index (χ0n) is 10.1.